The van der Waals surface area contributed by atoms with Crippen LogP contribution in [0.3, 0.4) is 0 Å². The van der Waals surface area contributed by atoms with E-state index in [9.17, 15) is 9.59 Å². The van der Waals surface area contributed by atoms with Crippen molar-refractivity contribution in [3.63, 3.8) is 0 Å². The summed E-state index contributed by atoms with van der Waals surface area (Å²) in [6.07, 6.45) is 0. The molecule has 7 heteroatoms. The van der Waals surface area contributed by atoms with Gasteiger partial charge in [0.25, 0.3) is 0 Å². The van der Waals surface area contributed by atoms with Crippen molar-refractivity contribution in [2.24, 2.45) is 0 Å². The summed E-state index contributed by atoms with van der Waals surface area (Å²) in [6.45, 7) is 0.304. The van der Waals surface area contributed by atoms with Crippen molar-refractivity contribution in [1.82, 2.24) is 9.78 Å². The topological polar surface area (TPSA) is 79.7 Å². The molecule has 1 heterocycles. The van der Waals surface area contributed by atoms with Gasteiger partial charge < -0.3 is 14.2 Å². The summed E-state index contributed by atoms with van der Waals surface area (Å²) in [7, 11) is 2.52. The maximum Gasteiger partial charge on any atom is 0.357 e. The number of rotatable bonds is 7. The zero-order valence-corrected chi connectivity index (χ0v) is 20.4. The molecule has 0 atom stereocenters. The van der Waals surface area contributed by atoms with Gasteiger partial charge in [-0.05, 0) is 46.7 Å². The lowest BCUT2D eigenvalue weighted by molar-refractivity contribution is 0.0549. The molecule has 0 N–H and O–H groups in total. The first-order valence-corrected chi connectivity index (χ1v) is 11.7. The van der Waals surface area contributed by atoms with Crippen LogP contribution in [0.25, 0.3) is 27.7 Å². The molecule has 1 aromatic heterocycles. The number of esters is 2. The number of para-hydroxylation sites is 2. The Kier molecular flexibility index (Phi) is 6.68. The predicted molar refractivity (Wildman–Crippen MR) is 140 cm³/mol. The van der Waals surface area contributed by atoms with Gasteiger partial charge in [0.15, 0.2) is 5.69 Å². The molecule has 0 spiro atoms. The van der Waals surface area contributed by atoms with Crippen LogP contribution in [-0.2, 0) is 16.1 Å². The van der Waals surface area contributed by atoms with Gasteiger partial charge in [0.1, 0.15) is 23.6 Å². The second kappa shape index (κ2) is 10.4. The van der Waals surface area contributed by atoms with Crippen LogP contribution in [0, 0.1) is 0 Å². The van der Waals surface area contributed by atoms with Crippen molar-refractivity contribution in [3.8, 4) is 22.7 Å². The van der Waals surface area contributed by atoms with Crippen LogP contribution < -0.4 is 4.74 Å². The molecule has 7 nitrogen and oxygen atoms in total. The normalized spacial score (nSPS) is 10.8. The molecule has 0 amide bonds. The highest BCUT2D eigenvalue weighted by Crippen LogP contribution is 2.35. The Labute approximate surface area is 213 Å². The average Bonchev–Trinajstić information content (AvgIpc) is 3.36. The van der Waals surface area contributed by atoms with E-state index in [2.05, 4.69) is 29.4 Å². The van der Waals surface area contributed by atoms with Crippen molar-refractivity contribution in [2.45, 2.75) is 6.61 Å². The fourth-order valence-corrected chi connectivity index (χ4v) is 4.22. The number of hydrogen-bond donors (Lipinski definition) is 0. The fourth-order valence-electron chi connectivity index (χ4n) is 4.22. The molecule has 5 aromatic rings. The highest BCUT2D eigenvalue weighted by molar-refractivity contribution is 6.07. The Morgan fingerprint density at radius 2 is 1.43 bits per heavy atom. The van der Waals surface area contributed by atoms with Gasteiger partial charge in [-0.1, -0.05) is 66.7 Å². The Balaban J connectivity index is 1.60. The highest BCUT2D eigenvalue weighted by Gasteiger charge is 2.32. The summed E-state index contributed by atoms with van der Waals surface area (Å²) < 4.78 is 17.7. The van der Waals surface area contributed by atoms with Crippen LogP contribution in [0.5, 0.6) is 5.75 Å². The number of ether oxygens (including phenoxy) is 3. The molecule has 0 saturated heterocycles. The summed E-state index contributed by atoms with van der Waals surface area (Å²) in [6, 6.07) is 30.6. The standard InChI is InChI=1S/C30H24N2O5/c1-35-29(33)26-27(31-32(28(26)30(34)36-2)23-12-4-3-5-13-23)24-14-8-9-15-25(24)37-19-20-16-17-21-10-6-7-11-22(21)18-20/h3-18H,19H2,1-2H3. The Hall–Kier alpha value is -4.91. The molecule has 0 aliphatic heterocycles. The first kappa shape index (κ1) is 23.8. The van der Waals surface area contributed by atoms with Crippen molar-refractivity contribution in [2.75, 3.05) is 14.2 Å². The van der Waals surface area contributed by atoms with E-state index in [4.69, 9.17) is 14.2 Å². The van der Waals surface area contributed by atoms with E-state index in [1.165, 1.54) is 18.9 Å². The van der Waals surface area contributed by atoms with Gasteiger partial charge in [-0.3, -0.25) is 0 Å². The SMILES string of the molecule is COC(=O)c1c(-c2ccccc2OCc2ccc3ccccc3c2)nn(-c2ccccc2)c1C(=O)OC. The summed E-state index contributed by atoms with van der Waals surface area (Å²) >= 11 is 0. The molecule has 0 aliphatic rings. The third-order valence-corrected chi connectivity index (χ3v) is 6.00. The largest absolute Gasteiger partial charge is 0.488 e. The van der Waals surface area contributed by atoms with E-state index < -0.39 is 11.9 Å². The Bertz CT molecular complexity index is 1590. The number of hydrogen-bond acceptors (Lipinski definition) is 6. The highest BCUT2D eigenvalue weighted by atomic mass is 16.5. The number of carbonyl (C=O) groups is 2. The smallest absolute Gasteiger partial charge is 0.357 e. The number of methoxy groups -OCH3 is 2. The van der Waals surface area contributed by atoms with Crippen molar-refractivity contribution >= 4 is 22.7 Å². The van der Waals surface area contributed by atoms with Gasteiger partial charge in [-0.2, -0.15) is 5.10 Å². The summed E-state index contributed by atoms with van der Waals surface area (Å²) in [5.74, 6) is -0.908. The summed E-state index contributed by atoms with van der Waals surface area (Å²) in [5, 5.41) is 6.95. The molecular weight excluding hydrogens is 468 g/mol. The molecular formula is C30H24N2O5. The predicted octanol–water partition coefficient (Wildman–Crippen LogP) is 5.84. The zero-order chi connectivity index (χ0) is 25.8. The van der Waals surface area contributed by atoms with E-state index in [0.29, 0.717) is 23.6 Å². The molecule has 37 heavy (non-hydrogen) atoms. The van der Waals surface area contributed by atoms with Gasteiger partial charge >= 0.3 is 11.9 Å². The van der Waals surface area contributed by atoms with Crippen LogP contribution in [0.2, 0.25) is 0 Å². The molecule has 184 valence electrons. The van der Waals surface area contributed by atoms with E-state index >= 15 is 0 Å². The van der Waals surface area contributed by atoms with Gasteiger partial charge in [-0.25, -0.2) is 14.3 Å². The number of benzene rings is 4. The Morgan fingerprint density at radius 1 is 0.757 bits per heavy atom. The van der Waals surface area contributed by atoms with Gasteiger partial charge in [0.05, 0.1) is 19.9 Å². The summed E-state index contributed by atoms with van der Waals surface area (Å²) in [5.41, 5.74) is 2.36. The molecule has 0 unspecified atom stereocenters. The minimum absolute atomic E-state index is 0.0000387. The average molecular weight is 493 g/mol. The van der Waals surface area contributed by atoms with E-state index in [1.807, 2.05) is 48.5 Å². The van der Waals surface area contributed by atoms with Crippen LogP contribution in [-0.4, -0.2) is 35.9 Å². The molecule has 4 aromatic carbocycles. The molecule has 0 saturated carbocycles. The van der Waals surface area contributed by atoms with E-state index in [-0.39, 0.29) is 17.0 Å². The van der Waals surface area contributed by atoms with Crippen molar-refractivity contribution in [1.29, 1.82) is 0 Å². The summed E-state index contributed by atoms with van der Waals surface area (Å²) in [4.78, 5) is 25.9. The molecule has 0 aliphatic carbocycles. The monoisotopic (exact) mass is 492 g/mol. The third-order valence-electron chi connectivity index (χ3n) is 6.00. The second-order valence-electron chi connectivity index (χ2n) is 8.27. The Morgan fingerprint density at radius 3 is 2.19 bits per heavy atom. The maximum atomic E-state index is 13.0. The fraction of sp³-hybridized carbons (Fsp3) is 0.100. The quantitative estimate of drug-likeness (QED) is 0.265. The minimum atomic E-state index is -0.711. The lowest BCUT2D eigenvalue weighted by atomic mass is 10.0. The number of fused-ring (bicyclic) bond motifs is 1. The minimum Gasteiger partial charge on any atom is -0.488 e. The van der Waals surface area contributed by atoms with Crippen molar-refractivity contribution < 1.29 is 23.8 Å². The van der Waals surface area contributed by atoms with Gasteiger partial charge in [0.2, 0.25) is 0 Å². The molecule has 0 bridgehead atoms. The first-order chi connectivity index (χ1) is 18.1. The van der Waals surface area contributed by atoms with Gasteiger partial charge in [0, 0.05) is 5.56 Å². The van der Waals surface area contributed by atoms with Crippen LogP contribution >= 0.6 is 0 Å². The molecule has 5 rings (SSSR count). The van der Waals surface area contributed by atoms with E-state index in [0.717, 1.165) is 16.3 Å². The maximum absolute atomic E-state index is 13.0. The number of carbonyl (C=O) groups excluding carboxylic acids is 2. The number of nitrogens with zero attached hydrogens (tertiary/aromatic N) is 2. The zero-order valence-electron chi connectivity index (χ0n) is 20.4. The first-order valence-electron chi connectivity index (χ1n) is 11.7. The van der Waals surface area contributed by atoms with Crippen molar-refractivity contribution in [3.05, 3.63) is 114 Å². The molecule has 0 fully saturated rings. The third kappa shape index (κ3) is 4.67. The van der Waals surface area contributed by atoms with Crippen LogP contribution in [0.1, 0.15) is 26.4 Å². The lowest BCUT2D eigenvalue weighted by Gasteiger charge is -2.12. The van der Waals surface area contributed by atoms with E-state index in [1.54, 1.807) is 24.3 Å². The number of aromatic nitrogens is 2. The van der Waals surface area contributed by atoms with Gasteiger partial charge in [-0.15, -0.1) is 0 Å². The second-order valence-corrected chi connectivity index (χ2v) is 8.27. The lowest BCUT2D eigenvalue weighted by Crippen LogP contribution is -2.15. The van der Waals surface area contributed by atoms with Crippen LogP contribution in [0.15, 0.2) is 97.1 Å². The van der Waals surface area contributed by atoms with Crippen LogP contribution in [0.4, 0.5) is 0 Å². The molecule has 0 radical (unpaired) electrons.